The molecule has 1 aromatic carbocycles. The first-order valence-corrected chi connectivity index (χ1v) is 7.73. The Hall–Kier alpha value is -3.02. The van der Waals surface area contributed by atoms with E-state index in [4.69, 9.17) is 9.47 Å². The van der Waals surface area contributed by atoms with E-state index in [0.717, 1.165) is 16.9 Å². The molecule has 1 aromatic rings. The average molecular weight is 342 g/mol. The SMILES string of the molecule is COC(=O)C1=C(C(=O)OC)N(c2ccc(N(C)C)c(C)c2)C=CC=C1. The first-order valence-electron chi connectivity index (χ1n) is 7.73. The Morgan fingerprint density at radius 2 is 1.72 bits per heavy atom. The number of rotatable bonds is 4. The van der Waals surface area contributed by atoms with Crippen LogP contribution >= 0.6 is 0 Å². The van der Waals surface area contributed by atoms with E-state index < -0.39 is 11.9 Å². The number of benzene rings is 1. The van der Waals surface area contributed by atoms with E-state index in [9.17, 15) is 9.59 Å². The first kappa shape index (κ1) is 18.3. The van der Waals surface area contributed by atoms with Crippen molar-refractivity contribution < 1.29 is 19.1 Å². The quantitative estimate of drug-likeness (QED) is 0.784. The molecule has 2 rings (SSSR count). The molecule has 1 heterocycles. The summed E-state index contributed by atoms with van der Waals surface area (Å²) in [7, 11) is 6.48. The van der Waals surface area contributed by atoms with Gasteiger partial charge in [0.25, 0.3) is 0 Å². The topological polar surface area (TPSA) is 59.1 Å². The van der Waals surface area contributed by atoms with Gasteiger partial charge in [-0.1, -0.05) is 6.08 Å². The Morgan fingerprint density at radius 3 is 2.28 bits per heavy atom. The fraction of sp³-hybridized carbons (Fsp3) is 0.263. The van der Waals surface area contributed by atoms with Crippen molar-refractivity contribution in [1.29, 1.82) is 0 Å². The first-order chi connectivity index (χ1) is 11.9. The summed E-state index contributed by atoms with van der Waals surface area (Å²) in [5.74, 6) is -1.22. The fourth-order valence-electron chi connectivity index (χ4n) is 2.66. The number of methoxy groups -OCH3 is 2. The number of esters is 2. The van der Waals surface area contributed by atoms with Crippen LogP contribution < -0.4 is 9.80 Å². The molecule has 0 spiro atoms. The fourth-order valence-corrected chi connectivity index (χ4v) is 2.66. The molecule has 0 N–H and O–H groups in total. The molecule has 0 bridgehead atoms. The minimum Gasteiger partial charge on any atom is -0.465 e. The lowest BCUT2D eigenvalue weighted by Crippen LogP contribution is -2.27. The van der Waals surface area contributed by atoms with Crippen LogP contribution in [0.15, 0.2) is 53.9 Å². The molecule has 0 aromatic heterocycles. The van der Waals surface area contributed by atoms with Crippen LogP contribution in [0, 0.1) is 6.92 Å². The minimum atomic E-state index is -0.620. The predicted molar refractivity (Wildman–Crippen MR) is 97.3 cm³/mol. The maximum absolute atomic E-state index is 12.4. The molecule has 0 fully saturated rings. The van der Waals surface area contributed by atoms with E-state index in [-0.39, 0.29) is 11.3 Å². The largest absolute Gasteiger partial charge is 0.465 e. The van der Waals surface area contributed by atoms with Crippen LogP contribution in [0.1, 0.15) is 5.56 Å². The van der Waals surface area contributed by atoms with Crippen molar-refractivity contribution in [3.8, 4) is 0 Å². The van der Waals surface area contributed by atoms with Gasteiger partial charge in [0, 0.05) is 31.7 Å². The van der Waals surface area contributed by atoms with Gasteiger partial charge in [-0.15, -0.1) is 0 Å². The molecule has 25 heavy (non-hydrogen) atoms. The second-order valence-corrected chi connectivity index (χ2v) is 5.68. The third-order valence-corrected chi connectivity index (χ3v) is 3.83. The number of allylic oxidation sites excluding steroid dienone is 2. The van der Waals surface area contributed by atoms with Crippen LogP contribution in [0.3, 0.4) is 0 Å². The maximum atomic E-state index is 12.4. The van der Waals surface area contributed by atoms with Crippen molar-refractivity contribution in [3.05, 3.63) is 59.5 Å². The maximum Gasteiger partial charge on any atom is 0.355 e. The number of hydrogen-bond acceptors (Lipinski definition) is 6. The predicted octanol–water partition coefficient (Wildman–Crippen LogP) is 2.55. The standard InChI is InChI=1S/C19H22N2O4/c1-13-12-14(9-10-16(13)20(2)3)21-11-7-6-8-15(18(22)24-4)17(21)19(23)25-5/h6-12H,1-5H3. The Balaban J connectivity index is 2.62. The summed E-state index contributed by atoms with van der Waals surface area (Å²) in [5.41, 5.74) is 3.09. The van der Waals surface area contributed by atoms with E-state index in [0.29, 0.717) is 0 Å². The highest BCUT2D eigenvalue weighted by molar-refractivity contribution is 6.05. The Kier molecular flexibility index (Phi) is 5.64. The monoisotopic (exact) mass is 342 g/mol. The van der Waals surface area contributed by atoms with Gasteiger partial charge < -0.3 is 19.3 Å². The molecule has 6 nitrogen and oxygen atoms in total. The van der Waals surface area contributed by atoms with E-state index in [1.807, 2.05) is 44.1 Å². The molecule has 0 saturated heterocycles. The molecule has 0 saturated carbocycles. The van der Waals surface area contributed by atoms with Crippen molar-refractivity contribution in [1.82, 2.24) is 0 Å². The summed E-state index contributed by atoms with van der Waals surface area (Å²) in [5, 5.41) is 0. The van der Waals surface area contributed by atoms with Crippen molar-refractivity contribution in [2.75, 3.05) is 38.1 Å². The van der Waals surface area contributed by atoms with Crippen molar-refractivity contribution >= 4 is 23.3 Å². The van der Waals surface area contributed by atoms with Crippen LogP contribution in [0.5, 0.6) is 0 Å². The third-order valence-electron chi connectivity index (χ3n) is 3.83. The second-order valence-electron chi connectivity index (χ2n) is 5.68. The second kappa shape index (κ2) is 7.70. The van der Waals surface area contributed by atoms with Gasteiger partial charge in [0.2, 0.25) is 0 Å². The van der Waals surface area contributed by atoms with Gasteiger partial charge in [-0.2, -0.15) is 0 Å². The number of anilines is 2. The Bertz CT molecular complexity index is 776. The highest BCUT2D eigenvalue weighted by Crippen LogP contribution is 2.30. The van der Waals surface area contributed by atoms with Gasteiger partial charge in [0.1, 0.15) is 5.70 Å². The van der Waals surface area contributed by atoms with Crippen molar-refractivity contribution in [2.24, 2.45) is 0 Å². The Morgan fingerprint density at radius 1 is 1.04 bits per heavy atom. The molecule has 0 atom stereocenters. The van der Waals surface area contributed by atoms with Gasteiger partial charge in [-0.25, -0.2) is 9.59 Å². The molecule has 1 aliphatic rings. The Labute approximate surface area is 147 Å². The van der Waals surface area contributed by atoms with Crippen molar-refractivity contribution in [3.63, 3.8) is 0 Å². The zero-order valence-corrected chi connectivity index (χ0v) is 15.1. The van der Waals surface area contributed by atoms with Gasteiger partial charge in [-0.05, 0) is 42.8 Å². The van der Waals surface area contributed by atoms with Crippen LogP contribution in [0.2, 0.25) is 0 Å². The van der Waals surface area contributed by atoms with Crippen LogP contribution in [-0.4, -0.2) is 40.3 Å². The summed E-state index contributed by atoms with van der Waals surface area (Å²) >= 11 is 0. The molecule has 0 unspecified atom stereocenters. The molecule has 0 radical (unpaired) electrons. The molecular formula is C19H22N2O4. The lowest BCUT2D eigenvalue weighted by atomic mass is 10.1. The number of hydrogen-bond donors (Lipinski definition) is 0. The van der Waals surface area contributed by atoms with Gasteiger partial charge in [-0.3, -0.25) is 0 Å². The minimum absolute atomic E-state index is 0.108. The van der Waals surface area contributed by atoms with Crippen LogP contribution in [0.25, 0.3) is 0 Å². The number of nitrogens with zero attached hydrogens (tertiary/aromatic N) is 2. The smallest absolute Gasteiger partial charge is 0.355 e. The lowest BCUT2D eigenvalue weighted by Gasteiger charge is -2.25. The summed E-state index contributed by atoms with van der Waals surface area (Å²) < 4.78 is 9.70. The molecule has 6 heteroatoms. The number of aryl methyl sites for hydroxylation is 1. The summed E-state index contributed by atoms with van der Waals surface area (Å²) in [6.45, 7) is 1.99. The van der Waals surface area contributed by atoms with Gasteiger partial charge >= 0.3 is 11.9 Å². The molecule has 0 aliphatic carbocycles. The highest BCUT2D eigenvalue weighted by Gasteiger charge is 2.27. The van der Waals surface area contributed by atoms with Crippen molar-refractivity contribution in [2.45, 2.75) is 6.92 Å². The zero-order chi connectivity index (χ0) is 18.6. The van der Waals surface area contributed by atoms with Gasteiger partial charge in [0.05, 0.1) is 19.8 Å². The highest BCUT2D eigenvalue weighted by atomic mass is 16.5. The summed E-state index contributed by atoms with van der Waals surface area (Å²) in [6.07, 6.45) is 6.67. The molecule has 1 aliphatic heterocycles. The van der Waals surface area contributed by atoms with Crippen LogP contribution in [0.4, 0.5) is 11.4 Å². The van der Waals surface area contributed by atoms with E-state index >= 15 is 0 Å². The molecule has 0 amide bonds. The van der Waals surface area contributed by atoms with Crippen LogP contribution in [-0.2, 0) is 19.1 Å². The molecule has 132 valence electrons. The summed E-state index contributed by atoms with van der Waals surface area (Å²) in [6, 6.07) is 5.79. The van der Waals surface area contributed by atoms with E-state index in [1.54, 1.807) is 23.3 Å². The number of carbonyl (C=O) groups is 2. The number of ether oxygens (including phenoxy) is 2. The number of carbonyl (C=O) groups excluding carboxylic acids is 2. The third kappa shape index (κ3) is 3.74. The van der Waals surface area contributed by atoms with Gasteiger partial charge in [0.15, 0.2) is 0 Å². The molecular weight excluding hydrogens is 320 g/mol. The van der Waals surface area contributed by atoms with E-state index in [1.165, 1.54) is 20.3 Å². The summed E-state index contributed by atoms with van der Waals surface area (Å²) in [4.78, 5) is 28.2. The lowest BCUT2D eigenvalue weighted by molar-refractivity contribution is -0.139. The normalized spacial score (nSPS) is 13.6. The zero-order valence-electron chi connectivity index (χ0n) is 15.1. The van der Waals surface area contributed by atoms with E-state index in [2.05, 4.69) is 0 Å². The average Bonchev–Trinajstić information content (AvgIpc) is 2.82.